The molecule has 2 heteroatoms. The molecule has 41 valence electrons. The van der Waals surface area contributed by atoms with Gasteiger partial charge in [0.1, 0.15) is 0 Å². The van der Waals surface area contributed by atoms with Crippen molar-refractivity contribution in [3.63, 3.8) is 0 Å². The van der Waals surface area contributed by atoms with Crippen molar-refractivity contribution in [2.75, 3.05) is 0 Å². The van der Waals surface area contributed by atoms with E-state index in [4.69, 9.17) is 10.8 Å². The van der Waals surface area contributed by atoms with Crippen LogP contribution in [0.15, 0.2) is 0 Å². The van der Waals surface area contributed by atoms with Gasteiger partial charge in [-0.2, -0.15) is 0 Å². The molecule has 0 aromatic heterocycles. The minimum absolute atomic E-state index is 0.181. The first-order valence-electron chi connectivity index (χ1n) is 2.70. The van der Waals surface area contributed by atoms with E-state index < -0.39 is 0 Å². The maximum Gasteiger partial charge on any atom is 0.0706 e. The Morgan fingerprint density at radius 2 is 2.14 bits per heavy atom. The largest absolute Gasteiger partial charge is 0.391 e. The Kier molecular flexibility index (Phi) is 1.30. The van der Waals surface area contributed by atoms with Gasteiger partial charge >= 0.3 is 0 Å². The van der Waals surface area contributed by atoms with Crippen LogP contribution in [0.4, 0.5) is 0 Å². The molecule has 0 aromatic carbocycles. The molecule has 0 saturated heterocycles. The summed E-state index contributed by atoms with van der Waals surface area (Å²) in [5.41, 5.74) is 7.09. The van der Waals surface area contributed by atoms with Gasteiger partial charge in [0, 0.05) is 6.04 Å². The Hall–Kier alpha value is -0.0800. The van der Waals surface area contributed by atoms with Crippen molar-refractivity contribution < 1.29 is 5.11 Å². The predicted octanol–water partition coefficient (Wildman–Crippen LogP) is 0.183. The molecule has 0 aromatic rings. The van der Waals surface area contributed by atoms with Crippen LogP contribution in [0.25, 0.3) is 0 Å². The fourth-order valence-corrected chi connectivity index (χ4v) is 0.940. The molecule has 1 aliphatic carbocycles. The second kappa shape index (κ2) is 1.80. The van der Waals surface area contributed by atoms with Crippen molar-refractivity contribution in [2.45, 2.75) is 31.4 Å². The number of hydrogen-bond donors (Lipinski definition) is 1. The highest BCUT2D eigenvalue weighted by molar-refractivity contribution is 4.77. The molecule has 0 aliphatic heterocycles. The summed E-state index contributed by atoms with van der Waals surface area (Å²) >= 11 is 0. The summed E-state index contributed by atoms with van der Waals surface area (Å²) in [6, 6.07) is -0.181. The van der Waals surface area contributed by atoms with Crippen LogP contribution in [0.5, 0.6) is 0 Å². The van der Waals surface area contributed by atoms with Crippen LogP contribution in [0.1, 0.15) is 19.3 Å². The number of nitrogens with one attached hydrogen (secondary N) is 1. The molecule has 1 aliphatic rings. The van der Waals surface area contributed by atoms with Crippen molar-refractivity contribution in [1.29, 1.82) is 0 Å². The number of aliphatic hydroxyl groups excluding tert-OH is 1. The van der Waals surface area contributed by atoms with Gasteiger partial charge in [-0.1, -0.05) is 0 Å². The quantitative estimate of drug-likeness (QED) is 0.463. The molecule has 1 fully saturated rings. The van der Waals surface area contributed by atoms with E-state index in [0.29, 0.717) is 0 Å². The Bertz CT molecular complexity index is 57.1. The van der Waals surface area contributed by atoms with E-state index in [-0.39, 0.29) is 12.1 Å². The van der Waals surface area contributed by atoms with E-state index in [1.165, 1.54) is 0 Å². The molecule has 7 heavy (non-hydrogen) atoms. The zero-order valence-corrected chi connectivity index (χ0v) is 4.22. The highest BCUT2D eigenvalue weighted by Gasteiger charge is 2.20. The lowest BCUT2D eigenvalue weighted by Gasteiger charge is -2.03. The number of hydrogen-bond acceptors (Lipinski definition) is 1. The van der Waals surface area contributed by atoms with Crippen LogP contribution in [0.2, 0.25) is 0 Å². The SMILES string of the molecule is [NH][C@H]1CCC[C@@H]1O. The van der Waals surface area contributed by atoms with E-state index in [9.17, 15) is 0 Å². The molecular weight excluding hydrogens is 90.1 g/mol. The average molecular weight is 100 g/mol. The topological polar surface area (TPSA) is 44.0 Å². The molecule has 2 N–H and O–H groups in total. The highest BCUT2D eigenvalue weighted by Crippen LogP contribution is 2.17. The maximum atomic E-state index is 8.81. The molecule has 0 spiro atoms. The molecule has 0 bridgehead atoms. The van der Waals surface area contributed by atoms with E-state index in [1.807, 2.05) is 0 Å². The van der Waals surface area contributed by atoms with Gasteiger partial charge in [0.25, 0.3) is 0 Å². The second-order valence-corrected chi connectivity index (χ2v) is 2.10. The van der Waals surface area contributed by atoms with E-state index in [1.54, 1.807) is 0 Å². The van der Waals surface area contributed by atoms with Crippen LogP contribution in [-0.2, 0) is 0 Å². The third-order valence-corrected chi connectivity index (χ3v) is 1.48. The van der Waals surface area contributed by atoms with Crippen LogP contribution in [0.3, 0.4) is 0 Å². The fourth-order valence-electron chi connectivity index (χ4n) is 0.940. The van der Waals surface area contributed by atoms with E-state index in [0.717, 1.165) is 19.3 Å². The Morgan fingerprint density at radius 3 is 2.29 bits per heavy atom. The molecule has 2 nitrogen and oxygen atoms in total. The average Bonchev–Trinajstić information content (AvgIpc) is 1.91. The summed E-state index contributed by atoms with van der Waals surface area (Å²) in [5.74, 6) is 0. The molecular formula is C5H10NO. The Morgan fingerprint density at radius 1 is 1.43 bits per heavy atom. The second-order valence-electron chi connectivity index (χ2n) is 2.10. The van der Waals surface area contributed by atoms with Crippen molar-refractivity contribution in [1.82, 2.24) is 5.73 Å². The molecule has 0 amide bonds. The van der Waals surface area contributed by atoms with Crippen LogP contribution < -0.4 is 5.73 Å². The summed E-state index contributed by atoms with van der Waals surface area (Å²) in [6.07, 6.45) is 2.45. The van der Waals surface area contributed by atoms with Crippen LogP contribution in [-0.4, -0.2) is 17.3 Å². The molecule has 1 rings (SSSR count). The molecule has 1 saturated carbocycles. The lowest BCUT2D eigenvalue weighted by atomic mass is 10.2. The standard InChI is InChI=1S/C5H10NO/c6-4-2-1-3-5(4)7/h4-7H,1-3H2/t4-,5-/m0/s1. The van der Waals surface area contributed by atoms with Gasteiger partial charge in [0.2, 0.25) is 0 Å². The molecule has 1 radical (unpaired) electrons. The highest BCUT2D eigenvalue weighted by atomic mass is 16.3. The van der Waals surface area contributed by atoms with Crippen molar-refractivity contribution in [3.05, 3.63) is 0 Å². The first-order chi connectivity index (χ1) is 3.30. The van der Waals surface area contributed by atoms with Crippen molar-refractivity contribution >= 4 is 0 Å². The monoisotopic (exact) mass is 100 g/mol. The van der Waals surface area contributed by atoms with Gasteiger partial charge < -0.3 is 5.11 Å². The lowest BCUT2D eigenvalue weighted by molar-refractivity contribution is 0.162. The number of aliphatic hydroxyl groups is 1. The van der Waals surface area contributed by atoms with Gasteiger partial charge in [0.15, 0.2) is 0 Å². The van der Waals surface area contributed by atoms with Crippen molar-refractivity contribution in [3.8, 4) is 0 Å². The van der Waals surface area contributed by atoms with Gasteiger partial charge in [0.05, 0.1) is 6.10 Å². The van der Waals surface area contributed by atoms with Gasteiger partial charge in [-0.05, 0) is 19.3 Å². The van der Waals surface area contributed by atoms with E-state index >= 15 is 0 Å². The van der Waals surface area contributed by atoms with Crippen molar-refractivity contribution in [2.24, 2.45) is 0 Å². The normalized spacial score (nSPS) is 42.0. The summed E-state index contributed by atoms with van der Waals surface area (Å²) in [4.78, 5) is 0. The van der Waals surface area contributed by atoms with Gasteiger partial charge in [-0.25, -0.2) is 0 Å². The third kappa shape index (κ3) is 0.924. The minimum atomic E-state index is -0.319. The Labute approximate surface area is 43.3 Å². The zero-order chi connectivity index (χ0) is 5.28. The molecule has 0 unspecified atom stereocenters. The maximum absolute atomic E-state index is 8.81. The summed E-state index contributed by atoms with van der Waals surface area (Å²) in [6.45, 7) is 0. The van der Waals surface area contributed by atoms with Crippen LogP contribution >= 0.6 is 0 Å². The smallest absolute Gasteiger partial charge is 0.0706 e. The minimum Gasteiger partial charge on any atom is -0.391 e. The lowest BCUT2D eigenvalue weighted by Crippen LogP contribution is -2.19. The zero-order valence-electron chi connectivity index (χ0n) is 4.22. The van der Waals surface area contributed by atoms with E-state index in [2.05, 4.69) is 0 Å². The third-order valence-electron chi connectivity index (χ3n) is 1.48. The molecule has 2 atom stereocenters. The molecule has 0 heterocycles. The summed E-state index contributed by atoms with van der Waals surface area (Å²) in [7, 11) is 0. The summed E-state index contributed by atoms with van der Waals surface area (Å²) in [5, 5.41) is 8.81. The fraction of sp³-hybridized carbons (Fsp3) is 1.00. The van der Waals surface area contributed by atoms with Gasteiger partial charge in [-0.3, -0.25) is 5.73 Å². The van der Waals surface area contributed by atoms with Gasteiger partial charge in [-0.15, -0.1) is 0 Å². The predicted molar refractivity (Wildman–Crippen MR) is 26.7 cm³/mol. The summed E-state index contributed by atoms with van der Waals surface area (Å²) < 4.78 is 0. The Balaban J connectivity index is 2.33. The van der Waals surface area contributed by atoms with Crippen LogP contribution in [0, 0.1) is 0 Å². The number of rotatable bonds is 0. The first-order valence-corrected chi connectivity index (χ1v) is 2.70. The first kappa shape index (κ1) is 5.06.